The average molecular weight is 310 g/mol. The van der Waals surface area contributed by atoms with Gasteiger partial charge in [-0.25, -0.2) is 9.97 Å². The number of benzene rings is 1. The minimum Gasteiger partial charge on any atom is -0.396 e. The number of aryl methyl sites for hydroxylation is 1. The van der Waals surface area contributed by atoms with E-state index in [1.807, 2.05) is 13.0 Å². The highest BCUT2D eigenvalue weighted by Gasteiger charge is 2.42. The molecule has 4 rings (SSSR count). The van der Waals surface area contributed by atoms with Crippen molar-refractivity contribution in [1.82, 2.24) is 9.97 Å². The van der Waals surface area contributed by atoms with Gasteiger partial charge in [0, 0.05) is 31.7 Å². The number of hydrogen-bond donors (Lipinski definition) is 2. The van der Waals surface area contributed by atoms with Crippen molar-refractivity contribution >= 4 is 11.6 Å². The lowest BCUT2D eigenvalue weighted by Gasteiger charge is -2.30. The van der Waals surface area contributed by atoms with E-state index in [0.29, 0.717) is 12.0 Å². The van der Waals surface area contributed by atoms with Crippen molar-refractivity contribution in [1.29, 1.82) is 0 Å². The van der Waals surface area contributed by atoms with Gasteiger partial charge < -0.3 is 15.3 Å². The fourth-order valence-electron chi connectivity index (χ4n) is 3.88. The van der Waals surface area contributed by atoms with Crippen LogP contribution in [0.5, 0.6) is 0 Å². The SMILES string of the molecule is Cc1nc(NCCCO)cc(N2C[C@H]3C[C@H]2c2ccccc23)n1. The fraction of sp³-hybridized carbons (Fsp3) is 0.444. The molecule has 2 aromatic rings. The Morgan fingerprint density at radius 1 is 1.26 bits per heavy atom. The van der Waals surface area contributed by atoms with Gasteiger partial charge in [-0.15, -0.1) is 0 Å². The van der Waals surface area contributed by atoms with Crippen molar-refractivity contribution in [2.24, 2.45) is 0 Å². The summed E-state index contributed by atoms with van der Waals surface area (Å²) in [5.41, 5.74) is 2.97. The van der Waals surface area contributed by atoms with E-state index in [4.69, 9.17) is 5.11 Å². The van der Waals surface area contributed by atoms with E-state index in [1.54, 1.807) is 0 Å². The van der Waals surface area contributed by atoms with Crippen LogP contribution in [-0.4, -0.2) is 34.8 Å². The summed E-state index contributed by atoms with van der Waals surface area (Å²) in [6, 6.07) is 11.3. The minimum absolute atomic E-state index is 0.191. The van der Waals surface area contributed by atoms with E-state index in [9.17, 15) is 0 Å². The number of anilines is 2. The molecule has 120 valence electrons. The molecule has 1 aliphatic heterocycles. The second kappa shape index (κ2) is 5.81. The number of aliphatic hydroxyl groups excluding tert-OH is 1. The van der Waals surface area contributed by atoms with Gasteiger partial charge in [-0.1, -0.05) is 24.3 Å². The molecule has 0 spiro atoms. The number of rotatable bonds is 5. The van der Waals surface area contributed by atoms with Crippen LogP contribution in [0.4, 0.5) is 11.6 Å². The minimum atomic E-state index is 0.191. The third-order valence-corrected chi connectivity index (χ3v) is 4.86. The van der Waals surface area contributed by atoms with Crippen molar-refractivity contribution in [2.75, 3.05) is 29.9 Å². The summed E-state index contributed by atoms with van der Waals surface area (Å²) in [4.78, 5) is 11.5. The molecule has 1 saturated heterocycles. The van der Waals surface area contributed by atoms with Gasteiger partial charge in [0.25, 0.3) is 0 Å². The first kappa shape index (κ1) is 14.5. The number of aromatic nitrogens is 2. The molecule has 1 aromatic heterocycles. The van der Waals surface area contributed by atoms with Crippen molar-refractivity contribution < 1.29 is 5.11 Å². The standard InChI is InChI=1S/C18H22N4O/c1-12-20-17(19-7-4-8-23)10-18(21-12)22-11-13-9-16(22)15-6-3-2-5-14(13)15/h2-3,5-6,10,13,16,23H,4,7-9,11H2,1H3,(H,19,20,21)/t13-,16+/m1/s1. The normalized spacial score (nSPS) is 21.6. The number of fused-ring (bicyclic) bond motifs is 5. The first-order valence-corrected chi connectivity index (χ1v) is 8.32. The molecule has 0 radical (unpaired) electrons. The van der Waals surface area contributed by atoms with E-state index in [1.165, 1.54) is 17.5 Å². The number of hydrogen-bond acceptors (Lipinski definition) is 5. The molecular weight excluding hydrogens is 288 g/mol. The molecule has 1 aliphatic carbocycles. The zero-order valence-electron chi connectivity index (χ0n) is 13.4. The van der Waals surface area contributed by atoms with Gasteiger partial charge in [-0.05, 0) is 30.9 Å². The third-order valence-electron chi connectivity index (χ3n) is 4.86. The van der Waals surface area contributed by atoms with Crippen molar-refractivity contribution in [3.05, 3.63) is 47.3 Å². The van der Waals surface area contributed by atoms with Crippen LogP contribution in [0.15, 0.2) is 30.3 Å². The summed E-state index contributed by atoms with van der Waals surface area (Å²) < 4.78 is 0. The monoisotopic (exact) mass is 310 g/mol. The molecular formula is C18H22N4O. The van der Waals surface area contributed by atoms with Crippen LogP contribution < -0.4 is 10.2 Å². The summed E-state index contributed by atoms with van der Waals surface area (Å²) in [5, 5.41) is 12.2. The molecule has 0 unspecified atom stereocenters. The summed E-state index contributed by atoms with van der Waals surface area (Å²) >= 11 is 0. The lowest BCUT2D eigenvalue weighted by atomic mass is 9.99. The first-order valence-electron chi connectivity index (χ1n) is 8.32. The molecule has 2 bridgehead atoms. The van der Waals surface area contributed by atoms with Gasteiger partial charge >= 0.3 is 0 Å². The first-order chi connectivity index (χ1) is 11.3. The Bertz CT molecular complexity index is 718. The molecule has 0 amide bonds. The van der Waals surface area contributed by atoms with E-state index in [0.717, 1.165) is 37.0 Å². The molecule has 2 N–H and O–H groups in total. The lowest BCUT2D eigenvalue weighted by molar-refractivity contribution is 0.292. The molecule has 23 heavy (non-hydrogen) atoms. The van der Waals surface area contributed by atoms with Gasteiger partial charge in [0.15, 0.2) is 0 Å². The van der Waals surface area contributed by atoms with Gasteiger partial charge in [0.2, 0.25) is 0 Å². The molecule has 5 heteroatoms. The average Bonchev–Trinajstić information content (AvgIpc) is 3.14. The van der Waals surface area contributed by atoms with Crippen LogP contribution in [0.25, 0.3) is 0 Å². The fourth-order valence-corrected chi connectivity index (χ4v) is 3.88. The molecule has 2 heterocycles. The maximum atomic E-state index is 8.91. The maximum Gasteiger partial charge on any atom is 0.134 e. The highest BCUT2D eigenvalue weighted by atomic mass is 16.3. The van der Waals surface area contributed by atoms with Crippen molar-refractivity contribution in [3.8, 4) is 0 Å². The Kier molecular flexibility index (Phi) is 3.65. The Morgan fingerprint density at radius 3 is 2.91 bits per heavy atom. The number of nitrogens with zero attached hydrogens (tertiary/aromatic N) is 3. The second-order valence-corrected chi connectivity index (χ2v) is 6.39. The van der Waals surface area contributed by atoms with Gasteiger partial charge in [-0.3, -0.25) is 0 Å². The van der Waals surface area contributed by atoms with E-state index in [-0.39, 0.29) is 6.61 Å². The van der Waals surface area contributed by atoms with Crippen LogP contribution in [-0.2, 0) is 0 Å². The number of aliphatic hydroxyl groups is 1. The van der Waals surface area contributed by atoms with Crippen LogP contribution in [0.3, 0.4) is 0 Å². The van der Waals surface area contributed by atoms with Gasteiger partial charge in [-0.2, -0.15) is 0 Å². The molecule has 0 saturated carbocycles. The van der Waals surface area contributed by atoms with Crippen LogP contribution in [0.2, 0.25) is 0 Å². The second-order valence-electron chi connectivity index (χ2n) is 6.39. The highest BCUT2D eigenvalue weighted by molar-refractivity contribution is 5.57. The topological polar surface area (TPSA) is 61.3 Å². The van der Waals surface area contributed by atoms with Crippen molar-refractivity contribution in [2.45, 2.75) is 31.7 Å². The smallest absolute Gasteiger partial charge is 0.134 e. The molecule has 1 aromatic carbocycles. The van der Waals surface area contributed by atoms with Crippen LogP contribution in [0.1, 0.15) is 41.8 Å². The van der Waals surface area contributed by atoms with Gasteiger partial charge in [0.1, 0.15) is 17.5 Å². The largest absolute Gasteiger partial charge is 0.396 e. The predicted octanol–water partition coefficient (Wildman–Crippen LogP) is 2.63. The molecule has 2 atom stereocenters. The quantitative estimate of drug-likeness (QED) is 0.831. The Labute approximate surface area is 136 Å². The van der Waals surface area contributed by atoms with Crippen LogP contribution in [0, 0.1) is 6.92 Å². The van der Waals surface area contributed by atoms with Gasteiger partial charge in [0.05, 0.1) is 6.04 Å². The number of nitrogens with one attached hydrogen (secondary N) is 1. The zero-order chi connectivity index (χ0) is 15.8. The van der Waals surface area contributed by atoms with Crippen molar-refractivity contribution in [3.63, 3.8) is 0 Å². The van der Waals surface area contributed by atoms with E-state index < -0.39 is 0 Å². The Balaban J connectivity index is 1.60. The third kappa shape index (κ3) is 2.55. The Morgan fingerprint density at radius 2 is 2.09 bits per heavy atom. The van der Waals surface area contributed by atoms with Crippen LogP contribution >= 0.6 is 0 Å². The highest BCUT2D eigenvalue weighted by Crippen LogP contribution is 2.51. The Hall–Kier alpha value is -2.14. The van der Waals surface area contributed by atoms with E-state index >= 15 is 0 Å². The summed E-state index contributed by atoms with van der Waals surface area (Å²) in [5.74, 6) is 3.25. The molecule has 2 aliphatic rings. The maximum absolute atomic E-state index is 8.91. The zero-order valence-corrected chi connectivity index (χ0v) is 13.4. The summed E-state index contributed by atoms with van der Waals surface area (Å²) in [6.45, 7) is 3.88. The lowest BCUT2D eigenvalue weighted by Crippen LogP contribution is -2.28. The summed E-state index contributed by atoms with van der Waals surface area (Å²) in [7, 11) is 0. The molecule has 5 nitrogen and oxygen atoms in total. The molecule has 1 fully saturated rings. The van der Waals surface area contributed by atoms with E-state index in [2.05, 4.69) is 44.5 Å². The predicted molar refractivity (Wildman–Crippen MR) is 90.8 cm³/mol. The summed E-state index contributed by atoms with van der Waals surface area (Å²) in [6.07, 6.45) is 1.91.